The van der Waals surface area contributed by atoms with Crippen LogP contribution in [0.3, 0.4) is 0 Å². The van der Waals surface area contributed by atoms with Crippen molar-refractivity contribution >= 4 is 5.91 Å². The SMILES string of the molecule is CCCCCCN1CC2C(C1)C2NC(=O)C(O)(c1ccccc1)C1CCCC1. The van der Waals surface area contributed by atoms with E-state index in [9.17, 15) is 9.90 Å². The van der Waals surface area contributed by atoms with Crippen LogP contribution >= 0.6 is 0 Å². The molecule has 1 heterocycles. The predicted octanol–water partition coefficient (Wildman–Crippen LogP) is 3.69. The van der Waals surface area contributed by atoms with E-state index >= 15 is 0 Å². The van der Waals surface area contributed by atoms with Gasteiger partial charge in [0, 0.05) is 25.0 Å². The molecule has 0 radical (unpaired) electrons. The van der Waals surface area contributed by atoms with Crippen molar-refractivity contribution in [3.63, 3.8) is 0 Å². The molecule has 1 aromatic rings. The van der Waals surface area contributed by atoms with Crippen molar-refractivity contribution in [3.05, 3.63) is 35.9 Å². The molecule has 0 aromatic heterocycles. The fourth-order valence-corrected chi connectivity index (χ4v) is 5.62. The first-order valence-corrected chi connectivity index (χ1v) is 11.5. The number of likely N-dealkylation sites (tertiary alicyclic amines) is 1. The molecule has 28 heavy (non-hydrogen) atoms. The molecule has 2 aliphatic carbocycles. The first-order valence-electron chi connectivity index (χ1n) is 11.5. The highest BCUT2D eigenvalue weighted by Gasteiger charge is 2.58. The second-order valence-electron chi connectivity index (χ2n) is 9.26. The van der Waals surface area contributed by atoms with Crippen LogP contribution in [0.25, 0.3) is 0 Å². The van der Waals surface area contributed by atoms with Crippen molar-refractivity contribution in [2.75, 3.05) is 19.6 Å². The van der Waals surface area contributed by atoms with E-state index in [1.54, 1.807) is 0 Å². The summed E-state index contributed by atoms with van der Waals surface area (Å²) in [4.78, 5) is 15.8. The van der Waals surface area contributed by atoms with E-state index in [1.807, 2.05) is 30.3 Å². The van der Waals surface area contributed by atoms with Gasteiger partial charge in [0.2, 0.25) is 0 Å². The van der Waals surface area contributed by atoms with Crippen LogP contribution in [0.2, 0.25) is 0 Å². The predicted molar refractivity (Wildman–Crippen MR) is 112 cm³/mol. The van der Waals surface area contributed by atoms with Crippen LogP contribution in [0.1, 0.15) is 63.9 Å². The van der Waals surface area contributed by atoms with Crippen LogP contribution in [0.15, 0.2) is 30.3 Å². The quantitative estimate of drug-likeness (QED) is 0.639. The van der Waals surface area contributed by atoms with Gasteiger partial charge in [-0.15, -0.1) is 0 Å². The number of benzene rings is 1. The van der Waals surface area contributed by atoms with Gasteiger partial charge in [-0.1, -0.05) is 69.4 Å². The summed E-state index contributed by atoms with van der Waals surface area (Å²) < 4.78 is 0. The number of nitrogens with zero attached hydrogens (tertiary/aromatic N) is 1. The van der Waals surface area contributed by atoms with Gasteiger partial charge in [-0.3, -0.25) is 4.79 Å². The van der Waals surface area contributed by atoms with Crippen molar-refractivity contribution in [1.29, 1.82) is 0 Å². The highest BCUT2D eigenvalue weighted by Crippen LogP contribution is 2.47. The first-order chi connectivity index (χ1) is 13.6. The molecule has 154 valence electrons. The molecular weight excluding hydrogens is 348 g/mol. The number of hydrogen-bond donors (Lipinski definition) is 2. The number of piperidine rings is 1. The molecule has 3 fully saturated rings. The fraction of sp³-hybridized carbons (Fsp3) is 0.708. The molecular formula is C24H36N2O2. The van der Waals surface area contributed by atoms with Crippen molar-refractivity contribution in [3.8, 4) is 0 Å². The number of nitrogens with one attached hydrogen (secondary N) is 1. The van der Waals surface area contributed by atoms with Crippen molar-refractivity contribution in [1.82, 2.24) is 10.2 Å². The molecule has 0 spiro atoms. The Hall–Kier alpha value is -1.39. The van der Waals surface area contributed by atoms with E-state index in [2.05, 4.69) is 17.1 Å². The lowest BCUT2D eigenvalue weighted by molar-refractivity contribution is -0.147. The third-order valence-corrected chi connectivity index (χ3v) is 7.40. The number of fused-ring (bicyclic) bond motifs is 1. The Morgan fingerprint density at radius 3 is 2.43 bits per heavy atom. The van der Waals surface area contributed by atoms with Gasteiger partial charge in [0.1, 0.15) is 0 Å². The number of unbranched alkanes of at least 4 members (excludes halogenated alkanes) is 3. The van der Waals surface area contributed by atoms with Gasteiger partial charge in [0.25, 0.3) is 5.91 Å². The fourth-order valence-electron chi connectivity index (χ4n) is 5.62. The van der Waals surface area contributed by atoms with E-state index < -0.39 is 5.60 Å². The maximum atomic E-state index is 13.3. The molecule has 4 heteroatoms. The standard InChI is InChI=1S/C24H36N2O2/c1-2-3-4-10-15-26-16-20-21(17-26)22(20)25-23(27)24(28,19-13-8-9-14-19)18-11-6-5-7-12-18/h5-7,11-12,19-22,28H,2-4,8-10,13-17H2,1H3,(H,25,27). The number of hydrogen-bond acceptors (Lipinski definition) is 3. The number of amides is 1. The molecule has 1 aromatic carbocycles. The molecule has 2 saturated carbocycles. The van der Waals surface area contributed by atoms with E-state index in [1.165, 1.54) is 32.2 Å². The maximum Gasteiger partial charge on any atom is 0.257 e. The Morgan fingerprint density at radius 1 is 1.11 bits per heavy atom. The molecule has 1 aliphatic heterocycles. The summed E-state index contributed by atoms with van der Waals surface area (Å²) >= 11 is 0. The number of aliphatic hydroxyl groups is 1. The minimum absolute atomic E-state index is 0.0311. The molecule has 3 atom stereocenters. The largest absolute Gasteiger partial charge is 0.375 e. The highest BCUT2D eigenvalue weighted by molar-refractivity contribution is 5.87. The number of carbonyl (C=O) groups excluding carboxylic acids is 1. The van der Waals surface area contributed by atoms with Gasteiger partial charge in [-0.05, 0) is 43.2 Å². The summed E-state index contributed by atoms with van der Waals surface area (Å²) in [6, 6.07) is 9.86. The molecule has 0 bridgehead atoms. The Morgan fingerprint density at radius 2 is 1.79 bits per heavy atom. The van der Waals surface area contributed by atoms with E-state index in [0.29, 0.717) is 11.8 Å². The Bertz CT molecular complexity index is 646. The lowest BCUT2D eigenvalue weighted by atomic mass is 9.79. The smallest absolute Gasteiger partial charge is 0.257 e. The monoisotopic (exact) mass is 384 g/mol. The van der Waals surface area contributed by atoms with Crippen LogP contribution in [-0.4, -0.2) is 41.6 Å². The van der Waals surface area contributed by atoms with Crippen LogP contribution in [-0.2, 0) is 10.4 Å². The summed E-state index contributed by atoms with van der Waals surface area (Å²) in [6.45, 7) is 5.66. The van der Waals surface area contributed by atoms with E-state index in [0.717, 1.165) is 44.3 Å². The van der Waals surface area contributed by atoms with Crippen LogP contribution in [0, 0.1) is 17.8 Å². The molecule has 4 rings (SSSR count). The zero-order chi connectivity index (χ0) is 19.6. The van der Waals surface area contributed by atoms with Crippen LogP contribution in [0.4, 0.5) is 0 Å². The summed E-state index contributed by atoms with van der Waals surface area (Å²) in [7, 11) is 0. The minimum Gasteiger partial charge on any atom is -0.375 e. The summed E-state index contributed by atoms with van der Waals surface area (Å²) in [5, 5.41) is 14.8. The topological polar surface area (TPSA) is 52.6 Å². The summed E-state index contributed by atoms with van der Waals surface area (Å²) in [6.07, 6.45) is 9.31. The Labute approximate surface area is 169 Å². The summed E-state index contributed by atoms with van der Waals surface area (Å²) in [5.41, 5.74) is -0.628. The lowest BCUT2D eigenvalue weighted by Gasteiger charge is -2.33. The van der Waals surface area contributed by atoms with Gasteiger partial charge in [0.05, 0.1) is 0 Å². The maximum absolute atomic E-state index is 13.3. The van der Waals surface area contributed by atoms with Crippen molar-refractivity contribution in [2.24, 2.45) is 17.8 Å². The minimum atomic E-state index is -1.38. The Kier molecular flexibility index (Phi) is 6.07. The lowest BCUT2D eigenvalue weighted by Crippen LogP contribution is -2.51. The van der Waals surface area contributed by atoms with Gasteiger partial charge in [-0.25, -0.2) is 0 Å². The normalized spacial score (nSPS) is 29.4. The summed E-state index contributed by atoms with van der Waals surface area (Å²) in [5.74, 6) is 1.03. The van der Waals surface area contributed by atoms with Crippen molar-refractivity contribution in [2.45, 2.75) is 69.9 Å². The van der Waals surface area contributed by atoms with E-state index in [4.69, 9.17) is 0 Å². The van der Waals surface area contributed by atoms with Gasteiger partial charge < -0.3 is 15.3 Å². The molecule has 3 aliphatic rings. The van der Waals surface area contributed by atoms with Crippen LogP contribution < -0.4 is 5.32 Å². The average molecular weight is 385 g/mol. The van der Waals surface area contributed by atoms with Gasteiger partial charge in [0.15, 0.2) is 5.60 Å². The average Bonchev–Trinajstić information content (AvgIpc) is 3.15. The molecule has 3 unspecified atom stereocenters. The third-order valence-electron chi connectivity index (χ3n) is 7.40. The number of carbonyl (C=O) groups is 1. The second-order valence-corrected chi connectivity index (χ2v) is 9.26. The third kappa shape index (κ3) is 3.86. The first kappa shape index (κ1) is 19.9. The van der Waals surface area contributed by atoms with Gasteiger partial charge in [-0.2, -0.15) is 0 Å². The van der Waals surface area contributed by atoms with Crippen LogP contribution in [0.5, 0.6) is 0 Å². The molecule has 4 nitrogen and oxygen atoms in total. The zero-order valence-electron chi connectivity index (χ0n) is 17.3. The second kappa shape index (κ2) is 8.54. The Balaban J connectivity index is 1.34. The zero-order valence-corrected chi connectivity index (χ0v) is 17.3. The van der Waals surface area contributed by atoms with Crippen molar-refractivity contribution < 1.29 is 9.90 Å². The molecule has 2 N–H and O–H groups in total. The molecule has 1 amide bonds. The number of rotatable bonds is 9. The molecule has 1 saturated heterocycles. The highest BCUT2D eigenvalue weighted by atomic mass is 16.3. The van der Waals surface area contributed by atoms with Gasteiger partial charge >= 0.3 is 0 Å². The van der Waals surface area contributed by atoms with E-state index in [-0.39, 0.29) is 17.9 Å².